The fraction of sp³-hybridized carbons (Fsp3) is 1.00. The number of hydrogen-bond acceptors (Lipinski definition) is 2. The summed E-state index contributed by atoms with van der Waals surface area (Å²) in [6, 6.07) is 0. The zero-order valence-electron chi connectivity index (χ0n) is 3.84. The predicted octanol–water partition coefficient (Wildman–Crippen LogP) is -6.74. The van der Waals surface area contributed by atoms with E-state index in [0.717, 1.165) is 0 Å². The van der Waals surface area contributed by atoms with Gasteiger partial charge < -0.3 is 36.3 Å². The third-order valence-electron chi connectivity index (χ3n) is 0. The van der Waals surface area contributed by atoms with Gasteiger partial charge in [-0.1, -0.05) is 0 Å². The topological polar surface area (TPSA) is 52.0 Å². The van der Waals surface area contributed by atoms with Crippen molar-refractivity contribution in [2.24, 2.45) is 11.5 Å². The Morgan fingerprint density at radius 2 is 1.14 bits per heavy atom. The van der Waals surface area contributed by atoms with Crippen LogP contribution in [0.2, 0.25) is 0 Å². The maximum Gasteiger partial charge on any atom is 2.00 e. The van der Waals surface area contributed by atoms with Crippen LogP contribution in [0.5, 0.6) is 0 Å². The van der Waals surface area contributed by atoms with E-state index in [2.05, 4.69) is 0 Å². The van der Waals surface area contributed by atoms with Crippen molar-refractivity contribution in [3.63, 3.8) is 0 Å². The molecule has 0 aliphatic carbocycles. The summed E-state index contributed by atoms with van der Waals surface area (Å²) in [6.07, 6.45) is -0.167. The second-order valence-electron chi connectivity index (χ2n) is 0.859. The first-order valence-corrected chi connectivity index (χ1v) is 1.24. The van der Waals surface area contributed by atoms with E-state index in [1.54, 1.807) is 6.92 Å². The van der Waals surface area contributed by atoms with E-state index in [1.807, 2.05) is 0 Å². The largest absolute Gasteiger partial charge is 2.00 e. The van der Waals surface area contributed by atoms with Crippen LogP contribution in [-0.4, -0.2) is 6.17 Å². The first kappa shape index (κ1) is 24.5. The molecule has 0 aliphatic heterocycles. The second kappa shape index (κ2) is 15.7. The summed E-state index contributed by atoms with van der Waals surface area (Å²) >= 11 is 0. The molecule has 0 aromatic carbocycles. The van der Waals surface area contributed by atoms with Gasteiger partial charge in [-0.15, -0.1) is 0 Å². The minimum absolute atomic E-state index is 0. The first-order valence-electron chi connectivity index (χ1n) is 1.24. The van der Waals surface area contributed by atoms with E-state index >= 15 is 0 Å². The SMILES string of the molecule is CC(N)N.[Cl-].[Cl-].[Fe+2]. The number of hydrogen-bond donors (Lipinski definition) is 2. The maximum absolute atomic E-state index is 4.89. The van der Waals surface area contributed by atoms with Gasteiger partial charge in [0, 0.05) is 6.17 Å². The van der Waals surface area contributed by atoms with E-state index in [4.69, 9.17) is 11.5 Å². The standard InChI is InChI=1S/C2H8N2.2ClH.Fe/c1-2(3)4;;;/h2H,3-4H2,1H3;2*1H;/q;;;+2/p-2. The quantitative estimate of drug-likeness (QED) is 0.292. The van der Waals surface area contributed by atoms with Gasteiger partial charge in [-0.3, -0.25) is 0 Å². The van der Waals surface area contributed by atoms with Crippen LogP contribution in [-0.2, 0) is 17.1 Å². The minimum atomic E-state index is -0.167. The van der Waals surface area contributed by atoms with Crippen LogP contribution in [0.25, 0.3) is 0 Å². The van der Waals surface area contributed by atoms with E-state index < -0.39 is 0 Å². The molecule has 5 heteroatoms. The van der Waals surface area contributed by atoms with Gasteiger partial charge in [0.2, 0.25) is 0 Å². The maximum atomic E-state index is 4.89. The molecule has 0 spiro atoms. The van der Waals surface area contributed by atoms with Crippen molar-refractivity contribution < 1.29 is 41.9 Å². The van der Waals surface area contributed by atoms with Crippen molar-refractivity contribution in [3.05, 3.63) is 0 Å². The van der Waals surface area contributed by atoms with Crippen LogP contribution in [0.3, 0.4) is 0 Å². The van der Waals surface area contributed by atoms with E-state index in [1.165, 1.54) is 0 Å². The molecule has 0 heterocycles. The van der Waals surface area contributed by atoms with Crippen LogP contribution >= 0.6 is 0 Å². The smallest absolute Gasteiger partial charge is 1.00 e. The molecule has 0 saturated heterocycles. The summed E-state index contributed by atoms with van der Waals surface area (Å²) in [7, 11) is 0. The van der Waals surface area contributed by atoms with Gasteiger partial charge in [0.1, 0.15) is 0 Å². The third kappa shape index (κ3) is 170. The van der Waals surface area contributed by atoms with Crippen LogP contribution in [0.1, 0.15) is 6.92 Å². The molecule has 0 aromatic heterocycles. The van der Waals surface area contributed by atoms with Crippen molar-refractivity contribution >= 4 is 0 Å². The molecule has 2 nitrogen and oxygen atoms in total. The zero-order valence-corrected chi connectivity index (χ0v) is 6.46. The Morgan fingerprint density at radius 1 is 1.14 bits per heavy atom. The summed E-state index contributed by atoms with van der Waals surface area (Å²) in [5.74, 6) is 0. The number of nitrogens with two attached hydrogens (primary N) is 2. The normalized spacial score (nSPS) is 5.14. The summed E-state index contributed by atoms with van der Waals surface area (Å²) < 4.78 is 0. The molecular weight excluding hydrogens is 179 g/mol. The second-order valence-corrected chi connectivity index (χ2v) is 0.859. The van der Waals surface area contributed by atoms with Gasteiger partial charge in [-0.25, -0.2) is 0 Å². The molecular formula is C2H8Cl2FeN2. The molecule has 0 aromatic rings. The summed E-state index contributed by atoms with van der Waals surface area (Å²) in [5.41, 5.74) is 9.78. The van der Waals surface area contributed by atoms with Crippen molar-refractivity contribution in [2.45, 2.75) is 13.1 Å². The van der Waals surface area contributed by atoms with E-state index in [9.17, 15) is 0 Å². The van der Waals surface area contributed by atoms with Gasteiger partial charge in [-0.05, 0) is 6.92 Å². The minimum Gasteiger partial charge on any atom is -1.00 e. The molecule has 0 radical (unpaired) electrons. The third-order valence-corrected chi connectivity index (χ3v) is 0. The first-order chi connectivity index (χ1) is 1.73. The molecule has 0 bridgehead atoms. The van der Waals surface area contributed by atoms with Crippen LogP contribution in [0.15, 0.2) is 0 Å². The average Bonchev–Trinajstić information content (AvgIpc) is 0.811. The van der Waals surface area contributed by atoms with E-state index in [0.29, 0.717) is 0 Å². The average molecular weight is 187 g/mol. The molecule has 0 unspecified atom stereocenters. The van der Waals surface area contributed by atoms with Crippen LogP contribution < -0.4 is 36.3 Å². The fourth-order valence-electron chi connectivity index (χ4n) is 0. The Bertz CT molecular complexity index is 18.4. The van der Waals surface area contributed by atoms with Gasteiger partial charge in [0.15, 0.2) is 0 Å². The fourth-order valence-corrected chi connectivity index (χ4v) is 0. The Hall–Kier alpha value is 1.02. The van der Waals surface area contributed by atoms with Crippen molar-refractivity contribution in [3.8, 4) is 0 Å². The van der Waals surface area contributed by atoms with Gasteiger partial charge in [0.05, 0.1) is 0 Å². The Kier molecular flexibility index (Phi) is 55.0. The molecule has 0 aliphatic rings. The number of rotatable bonds is 0. The van der Waals surface area contributed by atoms with Gasteiger partial charge in [-0.2, -0.15) is 0 Å². The monoisotopic (exact) mass is 186 g/mol. The van der Waals surface area contributed by atoms with Gasteiger partial charge >= 0.3 is 17.1 Å². The molecule has 0 atom stereocenters. The summed E-state index contributed by atoms with van der Waals surface area (Å²) in [4.78, 5) is 0. The molecule has 4 N–H and O–H groups in total. The van der Waals surface area contributed by atoms with Crippen molar-refractivity contribution in [1.29, 1.82) is 0 Å². The molecule has 0 fully saturated rings. The summed E-state index contributed by atoms with van der Waals surface area (Å²) in [6.45, 7) is 1.72. The molecule has 48 valence electrons. The van der Waals surface area contributed by atoms with E-state index in [-0.39, 0.29) is 48.0 Å². The predicted molar refractivity (Wildman–Crippen MR) is 17.8 cm³/mol. The molecule has 0 saturated carbocycles. The van der Waals surface area contributed by atoms with Crippen LogP contribution in [0, 0.1) is 0 Å². The zero-order chi connectivity index (χ0) is 3.58. The number of halogens is 2. The Labute approximate surface area is 66.7 Å². The molecule has 7 heavy (non-hydrogen) atoms. The Morgan fingerprint density at radius 3 is 1.14 bits per heavy atom. The molecule has 0 amide bonds. The van der Waals surface area contributed by atoms with Crippen LogP contribution in [0.4, 0.5) is 0 Å². The molecule has 0 rings (SSSR count). The Balaban J connectivity index is -0.0000000150. The van der Waals surface area contributed by atoms with Gasteiger partial charge in [0.25, 0.3) is 0 Å². The summed E-state index contributed by atoms with van der Waals surface area (Å²) in [5, 5.41) is 0. The van der Waals surface area contributed by atoms with Crippen molar-refractivity contribution in [2.75, 3.05) is 0 Å². The van der Waals surface area contributed by atoms with Crippen molar-refractivity contribution in [1.82, 2.24) is 0 Å².